The Morgan fingerprint density at radius 1 is 1.07 bits per heavy atom. The quantitative estimate of drug-likeness (QED) is 0.845. The zero-order valence-corrected chi connectivity index (χ0v) is 16.4. The molecule has 2 heterocycles. The van der Waals surface area contributed by atoms with Crippen molar-refractivity contribution < 1.29 is 4.79 Å². The van der Waals surface area contributed by atoms with Crippen LogP contribution in [0.25, 0.3) is 0 Å². The fourth-order valence-corrected chi connectivity index (χ4v) is 3.18. The molecule has 0 aliphatic carbocycles. The molecule has 27 heavy (non-hydrogen) atoms. The van der Waals surface area contributed by atoms with E-state index < -0.39 is 0 Å². The van der Waals surface area contributed by atoms with Crippen molar-refractivity contribution in [1.82, 2.24) is 19.8 Å². The van der Waals surface area contributed by atoms with Gasteiger partial charge in [0.2, 0.25) is 0 Å². The lowest BCUT2D eigenvalue weighted by Gasteiger charge is -2.34. The molecule has 7 heteroatoms. The Bertz CT molecular complexity index is 751. The molecule has 0 bridgehead atoms. The second kappa shape index (κ2) is 8.81. The van der Waals surface area contributed by atoms with Gasteiger partial charge in [-0.2, -0.15) is 0 Å². The van der Waals surface area contributed by atoms with Gasteiger partial charge in [-0.3, -0.25) is 4.79 Å². The Labute approximate surface area is 161 Å². The Kier molecular flexibility index (Phi) is 6.24. The molecule has 1 aromatic carbocycles. The second-order valence-corrected chi connectivity index (χ2v) is 6.73. The molecule has 144 valence electrons. The third-order valence-corrected chi connectivity index (χ3v) is 4.94. The van der Waals surface area contributed by atoms with Crippen molar-refractivity contribution in [1.29, 1.82) is 0 Å². The number of likely N-dealkylation sites (N-methyl/N-ethyl adjacent to an activating group) is 1. The van der Waals surface area contributed by atoms with E-state index in [9.17, 15) is 4.79 Å². The number of carbonyl (C=O) groups excluding carboxylic acids is 1. The lowest BCUT2D eigenvalue weighted by molar-refractivity contribution is 0.0767. The molecule has 1 aromatic heterocycles. The minimum Gasteiger partial charge on any atom is -0.369 e. The van der Waals surface area contributed by atoms with Crippen LogP contribution in [0.3, 0.4) is 0 Å². The van der Waals surface area contributed by atoms with Crippen molar-refractivity contribution >= 4 is 23.1 Å². The largest absolute Gasteiger partial charge is 0.369 e. The summed E-state index contributed by atoms with van der Waals surface area (Å²) in [5.41, 5.74) is 2.58. The Balaban J connectivity index is 1.67. The van der Waals surface area contributed by atoms with Gasteiger partial charge >= 0.3 is 0 Å². The second-order valence-electron chi connectivity index (χ2n) is 6.73. The first-order valence-electron chi connectivity index (χ1n) is 9.52. The molecule has 3 rings (SSSR count). The molecule has 1 aliphatic heterocycles. The molecule has 1 saturated heterocycles. The average Bonchev–Trinajstić information content (AvgIpc) is 2.70. The lowest BCUT2D eigenvalue weighted by Crippen LogP contribution is -2.44. The molecule has 1 fully saturated rings. The fraction of sp³-hybridized carbons (Fsp3) is 0.450. The fourth-order valence-electron chi connectivity index (χ4n) is 3.18. The smallest absolute Gasteiger partial charge is 0.272 e. The van der Waals surface area contributed by atoms with Gasteiger partial charge < -0.3 is 20.0 Å². The van der Waals surface area contributed by atoms with E-state index in [1.54, 1.807) is 11.0 Å². The van der Waals surface area contributed by atoms with E-state index in [4.69, 9.17) is 0 Å². The van der Waals surface area contributed by atoms with Crippen LogP contribution < -0.4 is 10.2 Å². The lowest BCUT2D eigenvalue weighted by atomic mass is 10.2. The van der Waals surface area contributed by atoms with Crippen LogP contribution in [0, 0.1) is 0 Å². The molecule has 0 radical (unpaired) electrons. The number of aromatic nitrogens is 2. The highest BCUT2D eigenvalue weighted by molar-refractivity contribution is 5.93. The maximum atomic E-state index is 12.5. The molecule has 1 N–H and O–H groups in total. The van der Waals surface area contributed by atoms with Gasteiger partial charge in [0.15, 0.2) is 0 Å². The van der Waals surface area contributed by atoms with E-state index in [2.05, 4.69) is 44.3 Å². The van der Waals surface area contributed by atoms with Crippen molar-refractivity contribution in [3.8, 4) is 0 Å². The van der Waals surface area contributed by atoms with Gasteiger partial charge in [0.25, 0.3) is 5.91 Å². The molecule has 0 unspecified atom stereocenters. The molecule has 0 spiro atoms. The molecule has 2 aromatic rings. The Morgan fingerprint density at radius 3 is 2.37 bits per heavy atom. The number of benzene rings is 1. The summed E-state index contributed by atoms with van der Waals surface area (Å²) in [6.45, 7) is 9.52. The summed E-state index contributed by atoms with van der Waals surface area (Å²) in [5, 5.41) is 3.26. The van der Waals surface area contributed by atoms with Crippen molar-refractivity contribution in [2.75, 3.05) is 56.5 Å². The molecule has 7 nitrogen and oxygen atoms in total. The standard InChI is InChI=1S/C20H28N6O/c1-4-25(5-2)20(27)18-14-19(22-15-21-18)23-16-6-8-17(9-7-16)26-12-10-24(3)11-13-26/h6-9,14-15H,4-5,10-13H2,1-3H3,(H,21,22,23). The van der Waals surface area contributed by atoms with E-state index in [0.717, 1.165) is 31.9 Å². The third-order valence-electron chi connectivity index (χ3n) is 4.94. The highest BCUT2D eigenvalue weighted by Crippen LogP contribution is 2.21. The van der Waals surface area contributed by atoms with Crippen molar-refractivity contribution in [3.05, 3.63) is 42.4 Å². The molecular formula is C20H28N6O. The summed E-state index contributed by atoms with van der Waals surface area (Å²) >= 11 is 0. The highest BCUT2D eigenvalue weighted by atomic mass is 16.2. The van der Waals surface area contributed by atoms with Crippen LogP contribution in [-0.4, -0.2) is 72.0 Å². The minimum absolute atomic E-state index is 0.0733. The SMILES string of the molecule is CCN(CC)C(=O)c1cc(Nc2ccc(N3CCN(C)CC3)cc2)ncn1. The summed E-state index contributed by atoms with van der Waals surface area (Å²) in [4.78, 5) is 27.3. The third kappa shape index (κ3) is 4.74. The first-order valence-corrected chi connectivity index (χ1v) is 9.52. The highest BCUT2D eigenvalue weighted by Gasteiger charge is 2.16. The first-order chi connectivity index (χ1) is 13.1. The number of nitrogens with one attached hydrogen (secondary N) is 1. The summed E-state index contributed by atoms with van der Waals surface area (Å²) in [7, 11) is 2.16. The molecule has 0 atom stereocenters. The number of piperazine rings is 1. The number of hydrogen-bond acceptors (Lipinski definition) is 6. The average molecular weight is 368 g/mol. The number of amides is 1. The minimum atomic E-state index is -0.0733. The van der Waals surface area contributed by atoms with Gasteiger partial charge in [-0.25, -0.2) is 9.97 Å². The van der Waals surface area contributed by atoms with E-state index in [0.29, 0.717) is 24.6 Å². The van der Waals surface area contributed by atoms with Gasteiger partial charge in [0.1, 0.15) is 17.8 Å². The number of hydrogen-bond donors (Lipinski definition) is 1. The number of rotatable bonds is 6. The Morgan fingerprint density at radius 2 is 1.74 bits per heavy atom. The van der Waals surface area contributed by atoms with E-state index in [-0.39, 0.29) is 5.91 Å². The predicted octanol–water partition coefficient (Wildman–Crippen LogP) is 2.45. The van der Waals surface area contributed by atoms with Gasteiger partial charge in [0, 0.05) is 56.7 Å². The van der Waals surface area contributed by atoms with E-state index >= 15 is 0 Å². The van der Waals surface area contributed by atoms with Crippen molar-refractivity contribution in [2.45, 2.75) is 13.8 Å². The molecular weight excluding hydrogens is 340 g/mol. The number of nitrogens with zero attached hydrogens (tertiary/aromatic N) is 5. The summed E-state index contributed by atoms with van der Waals surface area (Å²) < 4.78 is 0. The van der Waals surface area contributed by atoms with Crippen LogP contribution >= 0.6 is 0 Å². The van der Waals surface area contributed by atoms with Crippen molar-refractivity contribution in [3.63, 3.8) is 0 Å². The number of carbonyl (C=O) groups is 1. The van der Waals surface area contributed by atoms with Crippen LogP contribution in [0.15, 0.2) is 36.7 Å². The topological polar surface area (TPSA) is 64.6 Å². The maximum absolute atomic E-state index is 12.5. The molecule has 1 amide bonds. The number of anilines is 3. The first kappa shape index (κ1) is 19.1. The van der Waals surface area contributed by atoms with Crippen LogP contribution in [0.1, 0.15) is 24.3 Å². The van der Waals surface area contributed by atoms with Gasteiger partial charge in [-0.1, -0.05) is 0 Å². The zero-order valence-electron chi connectivity index (χ0n) is 16.4. The van der Waals surface area contributed by atoms with Gasteiger partial charge in [-0.05, 0) is 45.2 Å². The van der Waals surface area contributed by atoms with E-state index in [1.165, 1.54) is 12.0 Å². The predicted molar refractivity (Wildman–Crippen MR) is 109 cm³/mol. The van der Waals surface area contributed by atoms with Crippen LogP contribution in [0.2, 0.25) is 0 Å². The van der Waals surface area contributed by atoms with Crippen LogP contribution in [0.4, 0.5) is 17.2 Å². The molecule has 0 saturated carbocycles. The van der Waals surface area contributed by atoms with Gasteiger partial charge in [0.05, 0.1) is 0 Å². The summed E-state index contributed by atoms with van der Waals surface area (Å²) in [6, 6.07) is 10.0. The van der Waals surface area contributed by atoms with Gasteiger partial charge in [-0.15, -0.1) is 0 Å². The normalized spacial score (nSPS) is 14.9. The summed E-state index contributed by atoms with van der Waals surface area (Å²) in [5.74, 6) is 0.545. The molecule has 1 aliphatic rings. The maximum Gasteiger partial charge on any atom is 0.272 e. The van der Waals surface area contributed by atoms with Crippen molar-refractivity contribution in [2.24, 2.45) is 0 Å². The zero-order chi connectivity index (χ0) is 19.2. The van der Waals surface area contributed by atoms with Crippen LogP contribution in [0.5, 0.6) is 0 Å². The van der Waals surface area contributed by atoms with Crippen LogP contribution in [-0.2, 0) is 0 Å². The Hall–Kier alpha value is -2.67. The summed E-state index contributed by atoms with van der Waals surface area (Å²) in [6.07, 6.45) is 1.43. The monoisotopic (exact) mass is 368 g/mol. The van der Waals surface area contributed by atoms with E-state index in [1.807, 2.05) is 26.0 Å².